The Morgan fingerprint density at radius 1 is 0.848 bits per heavy atom. The molecule has 4 amide bonds. The lowest BCUT2D eigenvalue weighted by molar-refractivity contribution is 0.0328. The Bertz CT molecular complexity index is 848. The molecule has 0 aliphatic carbocycles. The maximum atomic E-state index is 12.9. The number of alkyl carbamates (subject to hydrolysis) is 2. The summed E-state index contributed by atoms with van der Waals surface area (Å²) in [5, 5.41) is 15.4. The highest BCUT2D eigenvalue weighted by molar-refractivity contribution is 6.21. The first-order valence-electron chi connectivity index (χ1n) is 10.7. The monoisotopic (exact) mass is 463 g/mol. The van der Waals surface area contributed by atoms with Gasteiger partial charge in [0.2, 0.25) is 0 Å². The van der Waals surface area contributed by atoms with Crippen LogP contribution < -0.4 is 10.6 Å². The fourth-order valence-corrected chi connectivity index (χ4v) is 3.20. The maximum Gasteiger partial charge on any atom is 0.407 e. The third-order valence-electron chi connectivity index (χ3n) is 4.72. The molecule has 33 heavy (non-hydrogen) atoms. The third-order valence-corrected chi connectivity index (χ3v) is 4.72. The molecule has 0 saturated carbocycles. The Balaban J connectivity index is 2.23. The van der Waals surface area contributed by atoms with Gasteiger partial charge in [0.1, 0.15) is 11.2 Å². The molecule has 0 spiro atoms. The Kier molecular flexibility index (Phi) is 7.74. The van der Waals surface area contributed by atoms with E-state index in [0.29, 0.717) is 0 Å². The Labute approximate surface area is 193 Å². The van der Waals surface area contributed by atoms with Gasteiger partial charge in [-0.05, 0) is 53.7 Å². The number of fused-ring (bicyclic) bond motifs is 1. The van der Waals surface area contributed by atoms with Gasteiger partial charge in [-0.15, -0.1) is 0 Å². The minimum absolute atomic E-state index is 0.179. The zero-order valence-corrected chi connectivity index (χ0v) is 20.0. The average molecular weight is 464 g/mol. The molecule has 2 rings (SSSR count). The van der Waals surface area contributed by atoms with Crippen molar-refractivity contribution < 1.29 is 33.8 Å². The molecule has 0 saturated heterocycles. The lowest BCUT2D eigenvalue weighted by atomic mass is 9.87. The summed E-state index contributed by atoms with van der Waals surface area (Å²) >= 11 is 0. The molecule has 0 aromatic heterocycles. The van der Waals surface area contributed by atoms with Crippen LogP contribution in [0.2, 0.25) is 0 Å². The van der Waals surface area contributed by atoms with Gasteiger partial charge in [0.15, 0.2) is 0 Å². The van der Waals surface area contributed by atoms with Gasteiger partial charge in [-0.3, -0.25) is 14.5 Å². The Hall–Kier alpha value is -3.14. The molecule has 1 aromatic carbocycles. The molecule has 1 aliphatic rings. The molecule has 0 fully saturated rings. The number of aliphatic hydroxyl groups is 1. The number of nitrogens with zero attached hydrogens (tertiary/aromatic N) is 1. The van der Waals surface area contributed by atoms with Crippen LogP contribution in [0, 0.1) is 5.41 Å². The molecule has 1 aromatic rings. The van der Waals surface area contributed by atoms with E-state index in [1.807, 2.05) is 0 Å². The van der Waals surface area contributed by atoms with E-state index in [9.17, 15) is 24.3 Å². The predicted molar refractivity (Wildman–Crippen MR) is 120 cm³/mol. The van der Waals surface area contributed by atoms with Gasteiger partial charge in [0.25, 0.3) is 11.8 Å². The molecule has 0 bridgehead atoms. The van der Waals surface area contributed by atoms with Gasteiger partial charge in [-0.1, -0.05) is 12.1 Å². The standard InChI is InChI=1S/C23H33N3O7/c1-21(2,3)32-19(30)24-11-23(14-27,12-25-20(31)33-22(4,5)6)13-26-17(28)15-9-7-8-10-16(15)18(26)29/h7-10,27H,11-14H2,1-6H3,(H,24,30)(H,25,31). The summed E-state index contributed by atoms with van der Waals surface area (Å²) in [6, 6.07) is 6.41. The fraction of sp³-hybridized carbons (Fsp3) is 0.565. The molecule has 10 nitrogen and oxygen atoms in total. The van der Waals surface area contributed by atoms with Crippen LogP contribution in [0.3, 0.4) is 0 Å². The van der Waals surface area contributed by atoms with Gasteiger partial charge in [-0.25, -0.2) is 9.59 Å². The molecule has 182 valence electrons. The smallest absolute Gasteiger partial charge is 0.407 e. The van der Waals surface area contributed by atoms with Crippen molar-refractivity contribution in [3.63, 3.8) is 0 Å². The largest absolute Gasteiger partial charge is 0.444 e. The fourth-order valence-electron chi connectivity index (χ4n) is 3.20. The van der Waals surface area contributed by atoms with Crippen LogP contribution >= 0.6 is 0 Å². The van der Waals surface area contributed by atoms with Crippen LogP contribution in [-0.2, 0) is 9.47 Å². The second-order valence-electron chi connectivity index (χ2n) is 10.1. The first-order chi connectivity index (χ1) is 15.2. The van der Waals surface area contributed by atoms with E-state index in [0.717, 1.165) is 4.90 Å². The van der Waals surface area contributed by atoms with Gasteiger partial charge >= 0.3 is 12.2 Å². The third kappa shape index (κ3) is 7.18. The minimum Gasteiger partial charge on any atom is -0.444 e. The summed E-state index contributed by atoms with van der Waals surface area (Å²) in [6.07, 6.45) is -1.47. The van der Waals surface area contributed by atoms with E-state index in [-0.39, 0.29) is 30.8 Å². The van der Waals surface area contributed by atoms with E-state index < -0.39 is 47.2 Å². The summed E-state index contributed by atoms with van der Waals surface area (Å²) in [5.74, 6) is -1.02. The van der Waals surface area contributed by atoms with Crippen LogP contribution in [-0.4, -0.2) is 71.5 Å². The normalized spacial score (nSPS) is 14.1. The molecule has 10 heteroatoms. The number of benzene rings is 1. The molecule has 3 N–H and O–H groups in total. The van der Waals surface area contributed by atoms with Crippen LogP contribution in [0.4, 0.5) is 9.59 Å². The predicted octanol–water partition coefficient (Wildman–Crippen LogP) is 2.31. The van der Waals surface area contributed by atoms with Crippen molar-refractivity contribution in [2.24, 2.45) is 5.41 Å². The number of nitrogens with one attached hydrogen (secondary N) is 2. The summed E-state index contributed by atoms with van der Waals surface area (Å²) in [4.78, 5) is 51.1. The second-order valence-corrected chi connectivity index (χ2v) is 10.1. The zero-order valence-electron chi connectivity index (χ0n) is 20.0. The molecule has 1 aliphatic heterocycles. The number of aliphatic hydroxyl groups excluding tert-OH is 1. The van der Waals surface area contributed by atoms with E-state index in [1.54, 1.807) is 65.8 Å². The first kappa shape index (κ1) is 26.1. The Morgan fingerprint density at radius 3 is 1.58 bits per heavy atom. The van der Waals surface area contributed by atoms with Crippen LogP contribution in [0.15, 0.2) is 24.3 Å². The average Bonchev–Trinajstić information content (AvgIpc) is 2.92. The topological polar surface area (TPSA) is 134 Å². The molecular formula is C23H33N3O7. The number of amides is 4. The molecule has 0 unspecified atom stereocenters. The lowest BCUT2D eigenvalue weighted by Crippen LogP contribution is -2.55. The first-order valence-corrected chi connectivity index (χ1v) is 10.7. The van der Waals surface area contributed by atoms with Crippen molar-refractivity contribution in [1.29, 1.82) is 0 Å². The van der Waals surface area contributed by atoms with Crippen molar-refractivity contribution in [1.82, 2.24) is 15.5 Å². The van der Waals surface area contributed by atoms with Crippen molar-refractivity contribution in [2.45, 2.75) is 52.7 Å². The molecular weight excluding hydrogens is 430 g/mol. The molecule has 1 heterocycles. The van der Waals surface area contributed by atoms with Gasteiger partial charge in [0.05, 0.1) is 17.7 Å². The minimum atomic E-state index is -1.29. The number of rotatable bonds is 7. The van der Waals surface area contributed by atoms with Gasteiger partial charge in [0, 0.05) is 25.0 Å². The van der Waals surface area contributed by atoms with Crippen LogP contribution in [0.25, 0.3) is 0 Å². The second kappa shape index (κ2) is 9.78. The van der Waals surface area contributed by atoms with Crippen molar-refractivity contribution in [2.75, 3.05) is 26.2 Å². The van der Waals surface area contributed by atoms with Gasteiger partial charge in [-0.2, -0.15) is 0 Å². The van der Waals surface area contributed by atoms with E-state index in [2.05, 4.69) is 10.6 Å². The maximum absolute atomic E-state index is 12.9. The molecule has 0 atom stereocenters. The summed E-state index contributed by atoms with van der Waals surface area (Å²) < 4.78 is 10.5. The number of hydrogen-bond acceptors (Lipinski definition) is 7. The highest BCUT2D eigenvalue weighted by atomic mass is 16.6. The Morgan fingerprint density at radius 2 is 1.24 bits per heavy atom. The SMILES string of the molecule is CC(C)(C)OC(=O)NCC(CO)(CNC(=O)OC(C)(C)C)CN1C(=O)c2ccccc2C1=O. The quantitative estimate of drug-likeness (QED) is 0.528. The van der Waals surface area contributed by atoms with E-state index in [1.165, 1.54) is 0 Å². The highest BCUT2D eigenvalue weighted by Gasteiger charge is 2.42. The van der Waals surface area contributed by atoms with Crippen LogP contribution in [0.1, 0.15) is 62.3 Å². The van der Waals surface area contributed by atoms with E-state index >= 15 is 0 Å². The number of ether oxygens (including phenoxy) is 2. The lowest BCUT2D eigenvalue weighted by Gasteiger charge is -2.35. The zero-order chi connectivity index (χ0) is 25.0. The number of imide groups is 1. The van der Waals surface area contributed by atoms with Crippen molar-refractivity contribution in [3.05, 3.63) is 35.4 Å². The summed E-state index contributed by atoms with van der Waals surface area (Å²) in [5.41, 5.74) is -2.27. The van der Waals surface area contributed by atoms with Gasteiger partial charge < -0.3 is 25.2 Å². The van der Waals surface area contributed by atoms with Crippen molar-refractivity contribution >= 4 is 24.0 Å². The summed E-state index contributed by atoms with van der Waals surface area (Å²) in [6.45, 7) is 9.06. The molecule has 0 radical (unpaired) electrons. The van der Waals surface area contributed by atoms with E-state index in [4.69, 9.17) is 9.47 Å². The highest BCUT2D eigenvalue weighted by Crippen LogP contribution is 2.27. The number of carbonyl (C=O) groups excluding carboxylic acids is 4. The van der Waals surface area contributed by atoms with Crippen molar-refractivity contribution in [3.8, 4) is 0 Å². The number of carbonyl (C=O) groups is 4. The summed E-state index contributed by atoms with van der Waals surface area (Å²) in [7, 11) is 0. The van der Waals surface area contributed by atoms with Crippen LogP contribution in [0.5, 0.6) is 0 Å². The number of hydrogen-bond donors (Lipinski definition) is 3.